The molecule has 0 spiro atoms. The van der Waals surface area contributed by atoms with Crippen molar-refractivity contribution in [1.82, 2.24) is 14.8 Å². The number of hydrogen-bond donors (Lipinski definition) is 0. The summed E-state index contributed by atoms with van der Waals surface area (Å²) >= 11 is 0. The average molecular weight is 267 g/mol. The topological polar surface area (TPSA) is 36.4 Å². The first-order chi connectivity index (χ1) is 9.81. The Hall–Kier alpha value is -1.78. The summed E-state index contributed by atoms with van der Waals surface area (Å²) in [4.78, 5) is 21.8. The van der Waals surface area contributed by atoms with Crippen LogP contribution in [-0.4, -0.2) is 59.3 Å². The molecular weight excluding hydrogens is 250 g/mol. The molecule has 102 valence electrons. The SMILES string of the molecule is O=C(c1ccc2ncccc2c1)C1CN2CCN1CC2. The lowest BCUT2D eigenvalue weighted by molar-refractivity contribution is 0.0159. The second kappa shape index (κ2) is 4.65. The van der Waals surface area contributed by atoms with E-state index in [2.05, 4.69) is 14.8 Å². The maximum Gasteiger partial charge on any atom is 0.181 e. The first-order valence-electron chi connectivity index (χ1n) is 7.17. The summed E-state index contributed by atoms with van der Waals surface area (Å²) in [5, 5.41) is 1.04. The fourth-order valence-corrected chi connectivity index (χ4v) is 3.29. The molecule has 0 radical (unpaired) electrons. The summed E-state index contributed by atoms with van der Waals surface area (Å²) in [7, 11) is 0. The number of benzene rings is 1. The molecule has 1 unspecified atom stereocenters. The summed E-state index contributed by atoms with van der Waals surface area (Å²) in [6, 6.07) is 9.79. The third kappa shape index (κ3) is 1.92. The highest BCUT2D eigenvalue weighted by molar-refractivity contribution is 6.03. The highest BCUT2D eigenvalue weighted by atomic mass is 16.1. The second-order valence-electron chi connectivity index (χ2n) is 5.63. The number of aromatic nitrogens is 1. The highest BCUT2D eigenvalue weighted by Gasteiger charge is 2.36. The van der Waals surface area contributed by atoms with E-state index in [1.54, 1.807) is 6.20 Å². The Labute approximate surface area is 118 Å². The Balaban J connectivity index is 1.66. The third-order valence-corrected chi connectivity index (χ3v) is 4.47. The van der Waals surface area contributed by atoms with Crippen molar-refractivity contribution in [2.75, 3.05) is 32.7 Å². The van der Waals surface area contributed by atoms with E-state index >= 15 is 0 Å². The largest absolute Gasteiger partial charge is 0.299 e. The smallest absolute Gasteiger partial charge is 0.181 e. The lowest BCUT2D eigenvalue weighted by Crippen LogP contribution is -2.63. The molecule has 0 saturated carbocycles. The van der Waals surface area contributed by atoms with Gasteiger partial charge in [0, 0.05) is 49.9 Å². The van der Waals surface area contributed by atoms with Crippen LogP contribution in [0.15, 0.2) is 36.5 Å². The molecule has 20 heavy (non-hydrogen) atoms. The van der Waals surface area contributed by atoms with Gasteiger partial charge >= 0.3 is 0 Å². The number of pyridine rings is 1. The molecule has 3 fully saturated rings. The van der Waals surface area contributed by atoms with Crippen molar-refractivity contribution < 1.29 is 4.79 Å². The normalized spacial score (nSPS) is 28.7. The fourth-order valence-electron chi connectivity index (χ4n) is 3.29. The van der Waals surface area contributed by atoms with Crippen molar-refractivity contribution in [2.24, 2.45) is 0 Å². The van der Waals surface area contributed by atoms with Crippen molar-refractivity contribution in [2.45, 2.75) is 6.04 Å². The monoisotopic (exact) mass is 267 g/mol. The van der Waals surface area contributed by atoms with E-state index in [0.717, 1.165) is 49.2 Å². The molecule has 4 nitrogen and oxygen atoms in total. The molecule has 3 aliphatic heterocycles. The lowest BCUT2D eigenvalue weighted by Gasteiger charge is -2.46. The average Bonchev–Trinajstić information content (AvgIpc) is 2.54. The highest BCUT2D eigenvalue weighted by Crippen LogP contribution is 2.21. The minimum absolute atomic E-state index is 0.0339. The standard InChI is InChI=1S/C16H17N3O/c20-16(15-11-18-6-8-19(15)9-7-18)13-3-4-14-12(10-13)2-1-5-17-14/h1-5,10,15H,6-9,11H2. The maximum absolute atomic E-state index is 12.7. The van der Waals surface area contributed by atoms with E-state index in [-0.39, 0.29) is 11.8 Å². The Kier molecular flexibility index (Phi) is 2.79. The summed E-state index contributed by atoms with van der Waals surface area (Å²) in [6.45, 7) is 5.12. The van der Waals surface area contributed by atoms with Gasteiger partial charge < -0.3 is 0 Å². The van der Waals surface area contributed by atoms with Gasteiger partial charge in [-0.1, -0.05) is 6.07 Å². The number of carbonyl (C=O) groups excluding carboxylic acids is 1. The van der Waals surface area contributed by atoms with Crippen LogP contribution in [0, 0.1) is 0 Å². The van der Waals surface area contributed by atoms with Crippen molar-refractivity contribution in [3.63, 3.8) is 0 Å². The molecule has 4 heteroatoms. The van der Waals surface area contributed by atoms with Gasteiger partial charge in [0.25, 0.3) is 0 Å². The molecule has 5 rings (SSSR count). The molecule has 2 aromatic rings. The Morgan fingerprint density at radius 2 is 2.00 bits per heavy atom. The summed E-state index contributed by atoms with van der Waals surface area (Å²) in [6.07, 6.45) is 1.78. The van der Waals surface area contributed by atoms with Gasteiger partial charge in [-0.25, -0.2) is 0 Å². The van der Waals surface area contributed by atoms with Gasteiger partial charge in [-0.05, 0) is 24.3 Å². The molecule has 0 N–H and O–H groups in total. The molecule has 1 atom stereocenters. The van der Waals surface area contributed by atoms with Gasteiger partial charge in [0.2, 0.25) is 0 Å². The number of nitrogens with zero attached hydrogens (tertiary/aromatic N) is 3. The minimum Gasteiger partial charge on any atom is -0.299 e. The van der Waals surface area contributed by atoms with Crippen LogP contribution in [0.5, 0.6) is 0 Å². The number of fused-ring (bicyclic) bond motifs is 4. The van der Waals surface area contributed by atoms with Gasteiger partial charge in [0.1, 0.15) is 0 Å². The first kappa shape index (κ1) is 12.0. The van der Waals surface area contributed by atoms with Crippen LogP contribution in [0.2, 0.25) is 0 Å². The van der Waals surface area contributed by atoms with Gasteiger partial charge in [-0.15, -0.1) is 0 Å². The zero-order valence-electron chi connectivity index (χ0n) is 11.3. The third-order valence-electron chi connectivity index (χ3n) is 4.47. The minimum atomic E-state index is 0.0339. The molecular formula is C16H17N3O. The van der Waals surface area contributed by atoms with E-state index in [1.807, 2.05) is 30.3 Å². The maximum atomic E-state index is 12.7. The van der Waals surface area contributed by atoms with Crippen LogP contribution in [-0.2, 0) is 0 Å². The van der Waals surface area contributed by atoms with Crippen LogP contribution < -0.4 is 0 Å². The quantitative estimate of drug-likeness (QED) is 0.771. The van der Waals surface area contributed by atoms with E-state index < -0.39 is 0 Å². The molecule has 3 saturated heterocycles. The van der Waals surface area contributed by atoms with Crippen LogP contribution in [0.1, 0.15) is 10.4 Å². The fraction of sp³-hybridized carbons (Fsp3) is 0.375. The molecule has 2 bridgehead atoms. The number of Topliss-reactive ketones (excluding diaryl/α,β-unsaturated/α-hetero) is 1. The zero-order chi connectivity index (χ0) is 13.5. The van der Waals surface area contributed by atoms with Crippen molar-refractivity contribution in [3.05, 3.63) is 42.1 Å². The lowest BCUT2D eigenvalue weighted by atomic mass is 9.97. The number of carbonyl (C=O) groups is 1. The number of rotatable bonds is 2. The van der Waals surface area contributed by atoms with E-state index in [9.17, 15) is 4.79 Å². The molecule has 0 aliphatic carbocycles. The number of ketones is 1. The second-order valence-corrected chi connectivity index (χ2v) is 5.63. The number of hydrogen-bond acceptors (Lipinski definition) is 4. The molecule has 1 aromatic heterocycles. The zero-order valence-corrected chi connectivity index (χ0v) is 11.3. The van der Waals surface area contributed by atoms with Gasteiger partial charge in [0.05, 0.1) is 11.6 Å². The summed E-state index contributed by atoms with van der Waals surface area (Å²) < 4.78 is 0. The van der Waals surface area contributed by atoms with Crippen molar-refractivity contribution in [1.29, 1.82) is 0 Å². The first-order valence-corrected chi connectivity index (χ1v) is 7.17. The van der Waals surface area contributed by atoms with Crippen LogP contribution in [0.25, 0.3) is 10.9 Å². The molecule has 0 amide bonds. The predicted molar refractivity (Wildman–Crippen MR) is 77.9 cm³/mol. The van der Waals surface area contributed by atoms with Gasteiger partial charge in [0.15, 0.2) is 5.78 Å². The van der Waals surface area contributed by atoms with Gasteiger partial charge in [-0.2, -0.15) is 0 Å². The number of piperazine rings is 3. The van der Waals surface area contributed by atoms with E-state index in [4.69, 9.17) is 0 Å². The molecule has 1 aromatic carbocycles. The Morgan fingerprint density at radius 1 is 1.15 bits per heavy atom. The summed E-state index contributed by atoms with van der Waals surface area (Å²) in [5.74, 6) is 0.250. The van der Waals surface area contributed by atoms with E-state index in [1.165, 1.54) is 0 Å². The summed E-state index contributed by atoms with van der Waals surface area (Å²) in [5.41, 5.74) is 1.75. The van der Waals surface area contributed by atoms with Crippen LogP contribution in [0.3, 0.4) is 0 Å². The van der Waals surface area contributed by atoms with Crippen LogP contribution in [0.4, 0.5) is 0 Å². The Bertz CT molecular complexity index is 662. The van der Waals surface area contributed by atoms with Gasteiger partial charge in [-0.3, -0.25) is 19.6 Å². The predicted octanol–water partition coefficient (Wildman–Crippen LogP) is 1.42. The Morgan fingerprint density at radius 3 is 2.75 bits per heavy atom. The molecule has 4 heterocycles. The van der Waals surface area contributed by atoms with Crippen molar-refractivity contribution >= 4 is 16.7 Å². The van der Waals surface area contributed by atoms with E-state index in [0.29, 0.717) is 0 Å². The van der Waals surface area contributed by atoms with Crippen LogP contribution >= 0.6 is 0 Å². The van der Waals surface area contributed by atoms with Crippen molar-refractivity contribution in [3.8, 4) is 0 Å². The molecule has 3 aliphatic rings.